The molecule has 9 heteroatoms. The van der Waals surface area contributed by atoms with Crippen molar-refractivity contribution in [3.8, 4) is 0 Å². The van der Waals surface area contributed by atoms with Crippen molar-refractivity contribution in [1.82, 2.24) is 5.32 Å². The number of nitrogens with zero attached hydrogens (tertiary/aromatic N) is 1. The quantitative estimate of drug-likeness (QED) is 0.287. The summed E-state index contributed by atoms with van der Waals surface area (Å²) in [6.07, 6.45) is 1.74. The van der Waals surface area contributed by atoms with Gasteiger partial charge in [0, 0.05) is 6.54 Å². The van der Waals surface area contributed by atoms with Gasteiger partial charge in [-0.2, -0.15) is 0 Å². The second-order valence-corrected chi connectivity index (χ2v) is 3.00. The van der Waals surface area contributed by atoms with Crippen LogP contribution in [0.25, 0.3) is 0 Å². The fourth-order valence-electron chi connectivity index (χ4n) is 0.462. The predicted molar refractivity (Wildman–Crippen MR) is 44.1 cm³/mol. The summed E-state index contributed by atoms with van der Waals surface area (Å²) in [5.74, 6) is 0. The van der Waals surface area contributed by atoms with E-state index in [0.717, 1.165) is 13.1 Å². The monoisotopic (exact) mass is 234 g/mol. The molecule has 0 spiro atoms. The molecule has 0 aromatic rings. The van der Waals surface area contributed by atoms with Crippen LogP contribution in [-0.4, -0.2) is 50.7 Å². The van der Waals surface area contributed by atoms with Crippen LogP contribution in [0.15, 0.2) is 4.99 Å². The normalized spacial score (nSPS) is 13.6. The molecule has 0 aromatic heterocycles. The van der Waals surface area contributed by atoms with Crippen molar-refractivity contribution in [3.63, 3.8) is 0 Å². The van der Waals surface area contributed by atoms with Crippen LogP contribution in [0.3, 0.4) is 0 Å². The van der Waals surface area contributed by atoms with E-state index in [0.29, 0.717) is 0 Å². The second-order valence-electron chi connectivity index (χ2n) is 1.94. The van der Waals surface area contributed by atoms with Crippen LogP contribution in [0.1, 0.15) is 0 Å². The summed E-state index contributed by atoms with van der Waals surface area (Å²) in [5.41, 5.74) is 0. The standard InChI is InChI=1S/C3H6N2.C2H6O5S.Na/c1-2-5-3-4-1;3-1-2-7-8(4,5)6;/h3H,1-2H2,(H,4,5);3H,1-2H2,(H,4,5,6);/q;;+1/p-1. The maximum absolute atomic E-state index is 9.50. The van der Waals surface area contributed by atoms with Gasteiger partial charge in [-0.25, -0.2) is 8.42 Å². The Labute approximate surface area is 105 Å². The van der Waals surface area contributed by atoms with Gasteiger partial charge in [0.25, 0.3) is 0 Å². The van der Waals surface area contributed by atoms with Gasteiger partial charge in [0.15, 0.2) is 0 Å². The number of aliphatic imine (C=N–C) groups is 1. The first-order chi connectivity index (χ1) is 6.06. The van der Waals surface area contributed by atoms with Crippen LogP contribution in [0, 0.1) is 0 Å². The molecular formula is C5H11N2NaO5S. The Morgan fingerprint density at radius 1 is 1.64 bits per heavy atom. The smallest absolute Gasteiger partial charge is 0.726 e. The summed E-state index contributed by atoms with van der Waals surface area (Å²) < 4.78 is 32.0. The summed E-state index contributed by atoms with van der Waals surface area (Å²) in [5, 5.41) is 10.8. The molecular weight excluding hydrogens is 223 g/mol. The van der Waals surface area contributed by atoms with Gasteiger partial charge in [-0.3, -0.25) is 9.18 Å². The summed E-state index contributed by atoms with van der Waals surface area (Å²) in [6, 6.07) is 0. The Morgan fingerprint density at radius 3 is 2.43 bits per heavy atom. The molecule has 0 aromatic carbocycles. The number of hydrogen-bond donors (Lipinski definition) is 2. The molecule has 1 heterocycles. The molecule has 2 N–H and O–H groups in total. The minimum Gasteiger partial charge on any atom is -0.726 e. The van der Waals surface area contributed by atoms with E-state index in [-0.39, 0.29) is 29.6 Å². The Bertz CT molecular complexity index is 237. The molecule has 1 rings (SSSR count). The number of aliphatic hydroxyl groups is 1. The maximum atomic E-state index is 9.50. The fraction of sp³-hybridized carbons (Fsp3) is 0.800. The Kier molecular flexibility index (Phi) is 11.8. The van der Waals surface area contributed by atoms with Crippen molar-refractivity contribution in [2.75, 3.05) is 26.3 Å². The minimum absolute atomic E-state index is 0. The van der Waals surface area contributed by atoms with Crippen LogP contribution in [-0.2, 0) is 14.6 Å². The third-order valence-corrected chi connectivity index (χ3v) is 1.34. The Balaban J connectivity index is 0. The molecule has 0 unspecified atom stereocenters. The first kappa shape index (κ1) is 16.7. The summed E-state index contributed by atoms with van der Waals surface area (Å²) in [4.78, 5) is 3.85. The average Bonchev–Trinajstić information content (AvgIpc) is 2.56. The van der Waals surface area contributed by atoms with Gasteiger partial charge in [0.05, 0.1) is 26.1 Å². The molecule has 1 aliphatic heterocycles. The van der Waals surface area contributed by atoms with E-state index in [4.69, 9.17) is 5.11 Å². The number of rotatable bonds is 3. The van der Waals surface area contributed by atoms with Crippen LogP contribution in [0.5, 0.6) is 0 Å². The molecule has 0 atom stereocenters. The molecule has 1 aliphatic rings. The second kappa shape index (κ2) is 9.84. The summed E-state index contributed by atoms with van der Waals surface area (Å²) >= 11 is 0. The number of aliphatic hydroxyl groups excluding tert-OH is 1. The molecule has 0 amide bonds. The molecule has 0 aliphatic carbocycles. The largest absolute Gasteiger partial charge is 1.00 e. The topological polar surface area (TPSA) is 111 Å². The zero-order chi connectivity index (χ0) is 10.2. The maximum Gasteiger partial charge on any atom is 1.00 e. The van der Waals surface area contributed by atoms with Gasteiger partial charge in [-0.05, 0) is 0 Å². The summed E-state index contributed by atoms with van der Waals surface area (Å²) in [7, 11) is -4.60. The van der Waals surface area contributed by atoms with Crippen LogP contribution in [0.4, 0.5) is 0 Å². The van der Waals surface area contributed by atoms with Gasteiger partial charge in [0.1, 0.15) is 0 Å². The zero-order valence-electron chi connectivity index (χ0n) is 7.84. The van der Waals surface area contributed by atoms with Gasteiger partial charge in [-0.15, -0.1) is 0 Å². The molecule has 0 radical (unpaired) electrons. The van der Waals surface area contributed by atoms with E-state index in [2.05, 4.69) is 14.5 Å². The van der Waals surface area contributed by atoms with Crippen LogP contribution >= 0.6 is 0 Å². The average molecular weight is 234 g/mol. The minimum atomic E-state index is -4.60. The third-order valence-electron chi connectivity index (χ3n) is 0.887. The van der Waals surface area contributed by atoms with Crippen LogP contribution < -0.4 is 34.9 Å². The van der Waals surface area contributed by atoms with E-state index >= 15 is 0 Å². The molecule has 14 heavy (non-hydrogen) atoms. The van der Waals surface area contributed by atoms with Gasteiger partial charge >= 0.3 is 29.6 Å². The van der Waals surface area contributed by atoms with E-state index in [1.807, 2.05) is 0 Å². The van der Waals surface area contributed by atoms with Gasteiger partial charge < -0.3 is 15.0 Å². The Morgan fingerprint density at radius 2 is 2.29 bits per heavy atom. The third kappa shape index (κ3) is 14.8. The first-order valence-electron chi connectivity index (χ1n) is 3.49. The molecule has 0 saturated heterocycles. The molecule has 0 bridgehead atoms. The first-order valence-corrected chi connectivity index (χ1v) is 4.82. The molecule has 7 nitrogen and oxygen atoms in total. The van der Waals surface area contributed by atoms with Crippen molar-refractivity contribution in [2.24, 2.45) is 4.99 Å². The van der Waals surface area contributed by atoms with Gasteiger partial charge in [-0.1, -0.05) is 0 Å². The SMILES string of the molecule is C1=NCCN1.O=S(=O)([O-])OCCO.[Na+]. The summed E-state index contributed by atoms with van der Waals surface area (Å²) in [6.45, 7) is 1.05. The van der Waals surface area contributed by atoms with E-state index in [9.17, 15) is 13.0 Å². The number of nitrogens with one attached hydrogen (secondary N) is 1. The molecule has 0 saturated carbocycles. The van der Waals surface area contributed by atoms with Gasteiger partial charge in [0.2, 0.25) is 10.4 Å². The van der Waals surface area contributed by atoms with E-state index < -0.39 is 23.6 Å². The van der Waals surface area contributed by atoms with E-state index in [1.54, 1.807) is 6.34 Å². The fourth-order valence-corrected chi connectivity index (χ4v) is 0.741. The Hall–Kier alpha value is 0.300. The number of hydrogen-bond acceptors (Lipinski definition) is 7. The van der Waals surface area contributed by atoms with Crippen molar-refractivity contribution in [3.05, 3.63) is 0 Å². The van der Waals surface area contributed by atoms with E-state index in [1.165, 1.54) is 0 Å². The van der Waals surface area contributed by atoms with Crippen molar-refractivity contribution in [1.29, 1.82) is 0 Å². The van der Waals surface area contributed by atoms with Crippen LogP contribution in [0.2, 0.25) is 0 Å². The van der Waals surface area contributed by atoms with Crippen molar-refractivity contribution >= 4 is 16.7 Å². The molecule has 78 valence electrons. The molecule has 0 fully saturated rings. The van der Waals surface area contributed by atoms with Crippen molar-refractivity contribution < 1.29 is 51.8 Å². The predicted octanol–water partition coefficient (Wildman–Crippen LogP) is -4.92. The zero-order valence-corrected chi connectivity index (χ0v) is 10.7. The van der Waals surface area contributed by atoms with Crippen molar-refractivity contribution in [2.45, 2.75) is 0 Å².